The van der Waals surface area contributed by atoms with E-state index in [1.807, 2.05) is 69.0 Å². The number of aromatic amines is 1. The first-order chi connectivity index (χ1) is 18.5. The van der Waals surface area contributed by atoms with Crippen LogP contribution in [-0.4, -0.2) is 48.7 Å². The molecule has 10 heteroatoms. The fraction of sp³-hybridized carbons (Fsp3) is 0.250. The fourth-order valence-electron chi connectivity index (χ4n) is 4.79. The summed E-state index contributed by atoms with van der Waals surface area (Å²) in [6, 6.07) is 11.5. The molecular formula is C28H29N9O. The maximum Gasteiger partial charge on any atom is 0.257 e. The molecule has 5 aromatic rings. The quantitative estimate of drug-likeness (QED) is 0.290. The highest BCUT2D eigenvalue weighted by atomic mass is 16.1. The van der Waals surface area contributed by atoms with Crippen LogP contribution >= 0.6 is 0 Å². The molecule has 1 aliphatic heterocycles. The van der Waals surface area contributed by atoms with E-state index in [0.29, 0.717) is 11.4 Å². The Morgan fingerprint density at radius 3 is 2.71 bits per heavy atom. The molecule has 0 aliphatic carbocycles. The summed E-state index contributed by atoms with van der Waals surface area (Å²) < 4.78 is 1.76. The lowest BCUT2D eigenvalue weighted by Gasteiger charge is -2.17. The molecule has 6 rings (SSSR count). The molecule has 38 heavy (non-hydrogen) atoms. The first-order valence-corrected chi connectivity index (χ1v) is 12.8. The smallest absolute Gasteiger partial charge is 0.257 e. The number of hydrogen-bond acceptors (Lipinski definition) is 7. The van der Waals surface area contributed by atoms with Gasteiger partial charge in [-0.05, 0) is 49.6 Å². The maximum absolute atomic E-state index is 12.9. The minimum atomic E-state index is -0.185. The number of pyridine rings is 1. The molecule has 0 bridgehead atoms. The number of fused-ring (bicyclic) bond motifs is 1. The lowest BCUT2D eigenvalue weighted by Crippen LogP contribution is -2.19. The summed E-state index contributed by atoms with van der Waals surface area (Å²) in [7, 11) is 1.89. The average Bonchev–Trinajstić information content (AvgIpc) is 3.70. The van der Waals surface area contributed by atoms with Crippen molar-refractivity contribution in [2.24, 2.45) is 7.05 Å². The van der Waals surface area contributed by atoms with Gasteiger partial charge in [-0.25, -0.2) is 15.0 Å². The average molecular weight is 508 g/mol. The largest absolute Gasteiger partial charge is 0.362 e. The van der Waals surface area contributed by atoms with Gasteiger partial charge in [0.05, 0.1) is 24.0 Å². The summed E-state index contributed by atoms with van der Waals surface area (Å²) in [6.07, 6.45) is 11.4. The molecule has 0 radical (unpaired) electrons. The highest BCUT2D eigenvalue weighted by Crippen LogP contribution is 2.28. The molecule has 1 atom stereocenters. The predicted molar refractivity (Wildman–Crippen MR) is 148 cm³/mol. The van der Waals surface area contributed by atoms with E-state index in [1.54, 1.807) is 17.1 Å². The number of H-pyrrole nitrogens is 1. The van der Waals surface area contributed by atoms with Gasteiger partial charge in [-0.2, -0.15) is 5.10 Å². The lowest BCUT2D eigenvalue weighted by atomic mass is 10.1. The Bertz CT molecular complexity index is 1580. The summed E-state index contributed by atoms with van der Waals surface area (Å²) in [5.41, 5.74) is 5.68. The highest BCUT2D eigenvalue weighted by molar-refractivity contribution is 6.04. The number of amides is 1. The van der Waals surface area contributed by atoms with E-state index in [2.05, 4.69) is 35.6 Å². The molecule has 4 aromatic heterocycles. The molecule has 0 spiro atoms. The zero-order valence-electron chi connectivity index (χ0n) is 21.3. The maximum atomic E-state index is 12.9. The van der Waals surface area contributed by atoms with Crippen LogP contribution in [-0.2, 0) is 7.05 Å². The minimum absolute atomic E-state index is 0.0687. The van der Waals surface area contributed by atoms with E-state index in [1.165, 1.54) is 12.8 Å². The van der Waals surface area contributed by atoms with Crippen molar-refractivity contribution in [1.82, 2.24) is 29.7 Å². The van der Waals surface area contributed by atoms with Gasteiger partial charge in [-0.1, -0.05) is 12.1 Å². The Morgan fingerprint density at radius 2 is 1.95 bits per heavy atom. The number of aromatic nitrogens is 6. The van der Waals surface area contributed by atoms with Crippen LogP contribution in [0.4, 0.5) is 17.3 Å². The molecule has 1 amide bonds. The van der Waals surface area contributed by atoms with Crippen LogP contribution in [0.3, 0.4) is 0 Å². The van der Waals surface area contributed by atoms with E-state index in [4.69, 9.17) is 4.98 Å². The SMILES string of the molecule is C[C@H](Nc1cnc2[nH]cc(-c3cnn(C)c3)c2n1)c1cccc(NC(=O)c2ccc(N3CCCC3)nc2)c1. The Labute approximate surface area is 220 Å². The van der Waals surface area contributed by atoms with Crippen molar-refractivity contribution in [2.45, 2.75) is 25.8 Å². The summed E-state index contributed by atoms with van der Waals surface area (Å²) in [4.78, 5) is 32.1. The topological polar surface area (TPSA) is 117 Å². The zero-order chi connectivity index (χ0) is 26.1. The molecule has 5 heterocycles. The lowest BCUT2D eigenvalue weighted by molar-refractivity contribution is 0.102. The number of nitrogens with zero attached hydrogens (tertiary/aromatic N) is 6. The van der Waals surface area contributed by atoms with Crippen molar-refractivity contribution in [1.29, 1.82) is 0 Å². The molecule has 0 unspecified atom stereocenters. The minimum Gasteiger partial charge on any atom is -0.362 e. The normalized spacial score (nSPS) is 14.1. The monoisotopic (exact) mass is 507 g/mol. The Hall–Kier alpha value is -4.73. The number of rotatable bonds is 7. The Balaban J connectivity index is 1.15. The van der Waals surface area contributed by atoms with Crippen molar-refractivity contribution >= 4 is 34.4 Å². The third kappa shape index (κ3) is 4.80. The molecule has 1 fully saturated rings. The summed E-state index contributed by atoms with van der Waals surface area (Å²) in [6.45, 7) is 4.09. The first-order valence-electron chi connectivity index (χ1n) is 12.8. The number of hydrogen-bond donors (Lipinski definition) is 3. The van der Waals surface area contributed by atoms with E-state index in [9.17, 15) is 4.79 Å². The van der Waals surface area contributed by atoms with Gasteiger partial charge in [0.25, 0.3) is 5.91 Å². The summed E-state index contributed by atoms with van der Waals surface area (Å²) in [5.74, 6) is 1.40. The number of nitrogens with one attached hydrogen (secondary N) is 3. The van der Waals surface area contributed by atoms with Crippen LogP contribution in [0.5, 0.6) is 0 Å². The number of anilines is 3. The molecule has 1 saturated heterocycles. The van der Waals surface area contributed by atoms with Crippen LogP contribution in [0.2, 0.25) is 0 Å². The summed E-state index contributed by atoms with van der Waals surface area (Å²) >= 11 is 0. The van der Waals surface area contributed by atoms with Gasteiger partial charge in [-0.15, -0.1) is 0 Å². The van der Waals surface area contributed by atoms with Gasteiger partial charge < -0.3 is 20.5 Å². The van der Waals surface area contributed by atoms with Crippen LogP contribution < -0.4 is 15.5 Å². The van der Waals surface area contributed by atoms with Gasteiger partial charge >= 0.3 is 0 Å². The number of benzene rings is 1. The van der Waals surface area contributed by atoms with Gasteiger partial charge in [0.2, 0.25) is 0 Å². The van der Waals surface area contributed by atoms with E-state index in [-0.39, 0.29) is 11.9 Å². The van der Waals surface area contributed by atoms with Gasteiger partial charge in [0.15, 0.2) is 5.65 Å². The van der Waals surface area contributed by atoms with Crippen molar-refractivity contribution in [3.63, 3.8) is 0 Å². The van der Waals surface area contributed by atoms with E-state index >= 15 is 0 Å². The second-order valence-electron chi connectivity index (χ2n) is 9.60. The standard InChI is InChI=1S/C28H29N9O/c1-18(33-24-16-31-27-26(35-24)23(15-30-27)21-14-32-36(2)17-21)19-6-5-7-22(12-19)34-28(38)20-8-9-25(29-13-20)37-10-3-4-11-37/h5-9,12-18H,3-4,10-11H2,1-2H3,(H,30,31)(H,33,35)(H,34,38)/t18-/m0/s1. The molecule has 1 aliphatic rings. The van der Waals surface area contributed by atoms with Crippen LogP contribution in [0.15, 0.2) is 67.4 Å². The predicted octanol–water partition coefficient (Wildman–Crippen LogP) is 4.78. The zero-order valence-corrected chi connectivity index (χ0v) is 21.3. The van der Waals surface area contributed by atoms with Gasteiger partial charge in [-0.3, -0.25) is 9.48 Å². The number of carbonyl (C=O) groups is 1. The molecule has 1 aromatic carbocycles. The van der Waals surface area contributed by atoms with E-state index in [0.717, 1.165) is 52.4 Å². The Kier molecular flexibility index (Phi) is 6.20. The summed E-state index contributed by atoms with van der Waals surface area (Å²) in [5, 5.41) is 10.7. The third-order valence-corrected chi connectivity index (χ3v) is 6.85. The van der Waals surface area contributed by atoms with Crippen LogP contribution in [0.1, 0.15) is 41.7 Å². The molecular weight excluding hydrogens is 478 g/mol. The van der Waals surface area contributed by atoms with Crippen molar-refractivity contribution < 1.29 is 4.79 Å². The van der Waals surface area contributed by atoms with Crippen LogP contribution in [0.25, 0.3) is 22.3 Å². The second kappa shape index (κ2) is 9.97. The third-order valence-electron chi connectivity index (χ3n) is 6.85. The van der Waals surface area contributed by atoms with Crippen LogP contribution in [0, 0.1) is 0 Å². The Morgan fingerprint density at radius 1 is 1.08 bits per heavy atom. The number of carbonyl (C=O) groups excluding carboxylic acids is 1. The molecule has 10 nitrogen and oxygen atoms in total. The molecule has 3 N–H and O–H groups in total. The second-order valence-corrected chi connectivity index (χ2v) is 9.60. The molecule has 0 saturated carbocycles. The molecule has 192 valence electrons. The highest BCUT2D eigenvalue weighted by Gasteiger charge is 2.16. The first kappa shape index (κ1) is 23.7. The van der Waals surface area contributed by atoms with E-state index < -0.39 is 0 Å². The van der Waals surface area contributed by atoms with Crippen molar-refractivity contribution in [2.75, 3.05) is 28.6 Å². The van der Waals surface area contributed by atoms with Gasteiger partial charge in [0, 0.05) is 55.5 Å². The van der Waals surface area contributed by atoms with Crippen molar-refractivity contribution in [3.8, 4) is 11.1 Å². The number of aryl methyl sites for hydroxylation is 1. The fourth-order valence-corrected chi connectivity index (χ4v) is 4.79. The van der Waals surface area contributed by atoms with Crippen molar-refractivity contribution in [3.05, 3.63) is 78.5 Å². The van der Waals surface area contributed by atoms with Gasteiger partial charge in [0.1, 0.15) is 17.2 Å².